The van der Waals surface area contributed by atoms with Crippen LogP contribution in [0.2, 0.25) is 0 Å². The van der Waals surface area contributed by atoms with Crippen LogP contribution in [0.25, 0.3) is 0 Å². The molecule has 0 aromatic carbocycles. The van der Waals surface area contributed by atoms with Gasteiger partial charge in [-0.25, -0.2) is 0 Å². The Labute approximate surface area is 108 Å². The molecule has 1 fully saturated rings. The van der Waals surface area contributed by atoms with E-state index in [-0.39, 0.29) is 6.10 Å². The van der Waals surface area contributed by atoms with Crippen LogP contribution in [0.1, 0.15) is 44.7 Å². The second-order valence-corrected chi connectivity index (χ2v) is 5.57. The summed E-state index contributed by atoms with van der Waals surface area (Å²) >= 11 is 0. The average molecular weight is 252 g/mol. The summed E-state index contributed by atoms with van der Waals surface area (Å²) in [5.41, 5.74) is 7.79. The van der Waals surface area contributed by atoms with Gasteiger partial charge in [-0.05, 0) is 18.8 Å². The van der Waals surface area contributed by atoms with Crippen molar-refractivity contribution >= 4 is 11.5 Å². The highest BCUT2D eigenvalue weighted by Gasteiger charge is 2.25. The van der Waals surface area contributed by atoms with Crippen molar-refractivity contribution in [2.75, 3.05) is 17.6 Å². The van der Waals surface area contributed by atoms with Gasteiger partial charge in [-0.15, -0.1) is 0 Å². The van der Waals surface area contributed by atoms with E-state index in [1.807, 2.05) is 7.05 Å². The number of hydrogen-bond donors (Lipinski definition) is 3. The van der Waals surface area contributed by atoms with Gasteiger partial charge in [-0.1, -0.05) is 20.3 Å². The number of nitrogen functional groups attached to an aromatic ring is 1. The first-order valence-electron chi connectivity index (χ1n) is 6.75. The number of aliphatic hydroxyl groups is 1. The molecule has 1 aliphatic carbocycles. The summed E-state index contributed by atoms with van der Waals surface area (Å²) in [7, 11) is 1.90. The zero-order valence-electron chi connectivity index (χ0n) is 11.5. The smallest absolute Gasteiger partial charge is 0.147 e. The fourth-order valence-corrected chi connectivity index (χ4v) is 2.68. The first-order chi connectivity index (χ1) is 8.50. The minimum Gasteiger partial charge on any atom is -0.394 e. The molecule has 2 unspecified atom stereocenters. The Morgan fingerprint density at radius 3 is 2.72 bits per heavy atom. The number of rotatable bonds is 4. The summed E-state index contributed by atoms with van der Waals surface area (Å²) in [5, 5.41) is 17.6. The molecule has 1 aliphatic rings. The van der Waals surface area contributed by atoms with E-state index in [1.54, 1.807) is 4.68 Å². The fraction of sp³-hybridized carbons (Fsp3) is 0.769. The van der Waals surface area contributed by atoms with Crippen LogP contribution in [-0.4, -0.2) is 27.5 Å². The predicted octanol–water partition coefficient (Wildman–Crippen LogP) is 1.70. The summed E-state index contributed by atoms with van der Waals surface area (Å²) in [6, 6.07) is 0. The Bertz CT molecular complexity index is 413. The number of aryl methyl sites for hydroxylation is 1. The van der Waals surface area contributed by atoms with Gasteiger partial charge < -0.3 is 16.2 Å². The third-order valence-corrected chi connectivity index (χ3v) is 3.81. The molecule has 5 nitrogen and oxygen atoms in total. The van der Waals surface area contributed by atoms with Gasteiger partial charge >= 0.3 is 0 Å². The molecule has 4 N–H and O–H groups in total. The SMILES string of the molecule is CC(C)c1nn(C)c(NCC2CCCC2O)c1N. The molecule has 1 aromatic heterocycles. The van der Waals surface area contributed by atoms with Crippen molar-refractivity contribution in [3.8, 4) is 0 Å². The van der Waals surface area contributed by atoms with Crippen LogP contribution >= 0.6 is 0 Å². The molecule has 18 heavy (non-hydrogen) atoms. The van der Waals surface area contributed by atoms with Gasteiger partial charge in [0.05, 0.1) is 17.5 Å². The van der Waals surface area contributed by atoms with E-state index in [0.717, 1.165) is 43.0 Å². The van der Waals surface area contributed by atoms with Gasteiger partial charge in [0.25, 0.3) is 0 Å². The van der Waals surface area contributed by atoms with Gasteiger partial charge in [0, 0.05) is 19.5 Å². The summed E-state index contributed by atoms with van der Waals surface area (Å²) in [6.07, 6.45) is 2.95. The summed E-state index contributed by atoms with van der Waals surface area (Å²) < 4.78 is 1.80. The van der Waals surface area contributed by atoms with E-state index in [4.69, 9.17) is 5.73 Å². The maximum absolute atomic E-state index is 9.81. The largest absolute Gasteiger partial charge is 0.394 e. The normalized spacial score (nSPS) is 23.8. The lowest BCUT2D eigenvalue weighted by Crippen LogP contribution is -2.23. The lowest BCUT2D eigenvalue weighted by Gasteiger charge is -2.16. The van der Waals surface area contributed by atoms with Gasteiger partial charge in [0.15, 0.2) is 0 Å². The Hall–Kier alpha value is -1.23. The number of aliphatic hydroxyl groups excluding tert-OH is 1. The molecule has 5 heteroatoms. The molecule has 1 saturated carbocycles. The average Bonchev–Trinajstić information content (AvgIpc) is 2.82. The van der Waals surface area contributed by atoms with Crippen molar-refractivity contribution in [3.05, 3.63) is 5.69 Å². The van der Waals surface area contributed by atoms with Crippen LogP contribution in [-0.2, 0) is 7.05 Å². The Morgan fingerprint density at radius 1 is 1.50 bits per heavy atom. The molecule has 0 bridgehead atoms. The highest BCUT2D eigenvalue weighted by Crippen LogP contribution is 2.30. The minimum atomic E-state index is -0.170. The highest BCUT2D eigenvalue weighted by molar-refractivity contribution is 5.65. The standard InChI is InChI=1S/C13H24N4O/c1-8(2)12-11(14)13(17(3)16-12)15-7-9-5-4-6-10(9)18/h8-10,15,18H,4-7,14H2,1-3H3. The second kappa shape index (κ2) is 5.18. The van der Waals surface area contributed by atoms with Gasteiger partial charge in [0.1, 0.15) is 5.82 Å². The topological polar surface area (TPSA) is 76.1 Å². The molecule has 0 radical (unpaired) electrons. The minimum absolute atomic E-state index is 0.170. The lowest BCUT2D eigenvalue weighted by molar-refractivity contribution is 0.138. The Kier molecular flexibility index (Phi) is 3.80. The molecule has 2 rings (SSSR count). The van der Waals surface area contributed by atoms with E-state index in [1.165, 1.54) is 0 Å². The predicted molar refractivity (Wildman–Crippen MR) is 73.5 cm³/mol. The molecule has 0 spiro atoms. The number of nitrogens with one attached hydrogen (secondary N) is 1. The number of anilines is 2. The van der Waals surface area contributed by atoms with Crippen LogP contribution in [0.3, 0.4) is 0 Å². The highest BCUT2D eigenvalue weighted by atomic mass is 16.3. The van der Waals surface area contributed by atoms with Crippen LogP contribution in [0.15, 0.2) is 0 Å². The van der Waals surface area contributed by atoms with E-state index < -0.39 is 0 Å². The van der Waals surface area contributed by atoms with Crippen molar-refractivity contribution < 1.29 is 5.11 Å². The zero-order valence-corrected chi connectivity index (χ0v) is 11.5. The van der Waals surface area contributed by atoms with E-state index in [0.29, 0.717) is 11.8 Å². The quantitative estimate of drug-likeness (QED) is 0.762. The third-order valence-electron chi connectivity index (χ3n) is 3.81. The first-order valence-corrected chi connectivity index (χ1v) is 6.75. The number of aromatic nitrogens is 2. The second-order valence-electron chi connectivity index (χ2n) is 5.57. The Morgan fingerprint density at radius 2 is 2.22 bits per heavy atom. The molecule has 0 aliphatic heterocycles. The number of nitrogens with zero attached hydrogens (tertiary/aromatic N) is 2. The van der Waals surface area contributed by atoms with Crippen LogP contribution in [0.5, 0.6) is 0 Å². The molecule has 0 saturated heterocycles. The first kappa shape index (κ1) is 13.2. The zero-order chi connectivity index (χ0) is 13.3. The van der Waals surface area contributed by atoms with Gasteiger partial charge in [-0.3, -0.25) is 4.68 Å². The van der Waals surface area contributed by atoms with Gasteiger partial charge in [0.2, 0.25) is 0 Å². The lowest BCUT2D eigenvalue weighted by atomic mass is 10.1. The molecule has 2 atom stereocenters. The van der Waals surface area contributed by atoms with E-state index in [2.05, 4.69) is 24.3 Å². The van der Waals surface area contributed by atoms with E-state index >= 15 is 0 Å². The molecule has 1 heterocycles. The fourth-order valence-electron chi connectivity index (χ4n) is 2.68. The van der Waals surface area contributed by atoms with Crippen molar-refractivity contribution in [2.45, 2.75) is 45.1 Å². The van der Waals surface area contributed by atoms with Crippen molar-refractivity contribution in [1.29, 1.82) is 0 Å². The van der Waals surface area contributed by atoms with Crippen LogP contribution in [0, 0.1) is 5.92 Å². The molecule has 1 aromatic rings. The van der Waals surface area contributed by atoms with Gasteiger partial charge in [-0.2, -0.15) is 5.10 Å². The summed E-state index contributed by atoms with van der Waals surface area (Å²) in [6.45, 7) is 4.94. The molecule has 102 valence electrons. The summed E-state index contributed by atoms with van der Waals surface area (Å²) in [5.74, 6) is 1.53. The van der Waals surface area contributed by atoms with E-state index in [9.17, 15) is 5.11 Å². The van der Waals surface area contributed by atoms with Crippen molar-refractivity contribution in [3.63, 3.8) is 0 Å². The molecule has 0 amide bonds. The van der Waals surface area contributed by atoms with Crippen LogP contribution in [0.4, 0.5) is 11.5 Å². The van der Waals surface area contributed by atoms with Crippen molar-refractivity contribution in [1.82, 2.24) is 9.78 Å². The maximum atomic E-state index is 9.81. The van der Waals surface area contributed by atoms with Crippen molar-refractivity contribution in [2.24, 2.45) is 13.0 Å². The Balaban J connectivity index is 2.05. The number of hydrogen-bond acceptors (Lipinski definition) is 4. The van der Waals surface area contributed by atoms with Crippen LogP contribution < -0.4 is 11.1 Å². The third kappa shape index (κ3) is 2.46. The molecular weight excluding hydrogens is 228 g/mol. The summed E-state index contributed by atoms with van der Waals surface area (Å²) in [4.78, 5) is 0. The maximum Gasteiger partial charge on any atom is 0.147 e. The molecular formula is C13H24N4O. The number of nitrogens with two attached hydrogens (primary N) is 1. The monoisotopic (exact) mass is 252 g/mol.